The van der Waals surface area contributed by atoms with E-state index in [2.05, 4.69) is 10.6 Å². The minimum absolute atomic E-state index is 0.0376. The molecule has 1 aliphatic heterocycles. The summed E-state index contributed by atoms with van der Waals surface area (Å²) in [5.74, 6) is 1.21. The highest BCUT2D eigenvalue weighted by Crippen LogP contribution is 2.27. The number of ether oxygens (including phenoxy) is 2. The Morgan fingerprint density at radius 2 is 1.69 bits per heavy atom. The zero-order valence-electron chi connectivity index (χ0n) is 16.8. The van der Waals surface area contributed by atoms with Crippen molar-refractivity contribution in [2.45, 2.75) is 25.3 Å². The fraction of sp³-hybridized carbons (Fsp3) is 0.364. The number of nitrogens with one attached hydrogen (secondary N) is 2. The number of nitrogens with zero attached hydrogens (tertiary/aromatic N) is 1. The highest BCUT2D eigenvalue weighted by molar-refractivity contribution is 5.89. The largest absolute Gasteiger partial charge is 0.493 e. The van der Waals surface area contributed by atoms with Gasteiger partial charge in [-0.3, -0.25) is 4.79 Å². The van der Waals surface area contributed by atoms with Gasteiger partial charge in [-0.1, -0.05) is 24.3 Å². The minimum Gasteiger partial charge on any atom is -0.493 e. The topological polar surface area (TPSA) is 79.9 Å². The van der Waals surface area contributed by atoms with Crippen LogP contribution >= 0.6 is 0 Å². The van der Waals surface area contributed by atoms with Crippen molar-refractivity contribution < 1.29 is 19.1 Å². The molecule has 7 heteroatoms. The number of methoxy groups -OCH3 is 2. The third-order valence-electron chi connectivity index (χ3n) is 4.98. The molecule has 0 spiro atoms. The van der Waals surface area contributed by atoms with Gasteiger partial charge in [-0.2, -0.15) is 0 Å². The molecule has 1 heterocycles. The summed E-state index contributed by atoms with van der Waals surface area (Å²) < 4.78 is 10.5. The zero-order valence-corrected chi connectivity index (χ0v) is 16.8. The van der Waals surface area contributed by atoms with E-state index in [1.165, 1.54) is 0 Å². The van der Waals surface area contributed by atoms with Crippen molar-refractivity contribution in [3.8, 4) is 11.5 Å². The number of likely N-dealkylation sites (tertiary alicyclic amines) is 1. The van der Waals surface area contributed by atoms with Gasteiger partial charge in [0.15, 0.2) is 11.5 Å². The molecule has 0 saturated carbocycles. The summed E-state index contributed by atoms with van der Waals surface area (Å²) in [6.45, 7) is 1.22. The van der Waals surface area contributed by atoms with E-state index in [0.717, 1.165) is 24.1 Å². The van der Waals surface area contributed by atoms with E-state index in [1.54, 1.807) is 25.2 Å². The molecular weight excluding hydrogens is 370 g/mol. The molecule has 1 aliphatic rings. The number of piperidine rings is 1. The van der Waals surface area contributed by atoms with Gasteiger partial charge in [-0.15, -0.1) is 0 Å². The van der Waals surface area contributed by atoms with Gasteiger partial charge in [0, 0.05) is 24.8 Å². The van der Waals surface area contributed by atoms with Gasteiger partial charge in [0.1, 0.15) is 0 Å². The van der Waals surface area contributed by atoms with E-state index in [0.29, 0.717) is 24.6 Å². The van der Waals surface area contributed by atoms with Crippen LogP contribution in [0.4, 0.5) is 10.5 Å². The predicted octanol–water partition coefficient (Wildman–Crippen LogP) is 3.06. The van der Waals surface area contributed by atoms with E-state index in [4.69, 9.17) is 9.47 Å². The molecule has 0 bridgehead atoms. The number of benzene rings is 2. The Labute approximate surface area is 171 Å². The van der Waals surface area contributed by atoms with Gasteiger partial charge in [-0.05, 0) is 42.7 Å². The van der Waals surface area contributed by atoms with Crippen molar-refractivity contribution in [3.05, 3.63) is 54.1 Å². The monoisotopic (exact) mass is 397 g/mol. The molecule has 0 unspecified atom stereocenters. The van der Waals surface area contributed by atoms with E-state index in [9.17, 15) is 9.59 Å². The Morgan fingerprint density at radius 3 is 2.34 bits per heavy atom. The van der Waals surface area contributed by atoms with Gasteiger partial charge >= 0.3 is 6.03 Å². The number of para-hydroxylation sites is 1. The molecule has 3 amide bonds. The normalized spacial score (nSPS) is 14.2. The number of rotatable bonds is 6. The number of urea groups is 1. The van der Waals surface area contributed by atoms with Crippen LogP contribution in [0.15, 0.2) is 48.5 Å². The van der Waals surface area contributed by atoms with Crippen molar-refractivity contribution in [2.24, 2.45) is 0 Å². The maximum Gasteiger partial charge on any atom is 0.321 e. The SMILES string of the molecule is COc1ccc(CC(=O)NC2CCN(C(=O)Nc3ccccc3)CC2)cc1OC. The number of amides is 3. The van der Waals surface area contributed by atoms with Crippen LogP contribution in [0.3, 0.4) is 0 Å². The molecule has 2 aromatic rings. The molecule has 0 radical (unpaired) electrons. The van der Waals surface area contributed by atoms with E-state index in [1.807, 2.05) is 42.5 Å². The first-order valence-corrected chi connectivity index (χ1v) is 9.70. The summed E-state index contributed by atoms with van der Waals surface area (Å²) in [7, 11) is 3.15. The smallest absolute Gasteiger partial charge is 0.321 e. The third-order valence-corrected chi connectivity index (χ3v) is 4.98. The Kier molecular flexibility index (Phi) is 6.94. The van der Waals surface area contributed by atoms with Crippen LogP contribution in [0.25, 0.3) is 0 Å². The Balaban J connectivity index is 1.45. The molecule has 1 saturated heterocycles. The van der Waals surface area contributed by atoms with Gasteiger partial charge in [0.2, 0.25) is 5.91 Å². The van der Waals surface area contributed by atoms with Gasteiger partial charge in [-0.25, -0.2) is 4.79 Å². The van der Waals surface area contributed by atoms with Crippen molar-refractivity contribution in [3.63, 3.8) is 0 Å². The maximum atomic E-state index is 12.4. The predicted molar refractivity (Wildman–Crippen MR) is 111 cm³/mol. The van der Waals surface area contributed by atoms with Crippen LogP contribution in [-0.4, -0.2) is 50.2 Å². The Bertz CT molecular complexity index is 833. The van der Waals surface area contributed by atoms with Gasteiger partial charge in [0.05, 0.1) is 20.6 Å². The Morgan fingerprint density at radius 1 is 1.00 bits per heavy atom. The average molecular weight is 397 g/mol. The molecule has 7 nitrogen and oxygen atoms in total. The summed E-state index contributed by atoms with van der Waals surface area (Å²) in [5.41, 5.74) is 1.64. The highest BCUT2D eigenvalue weighted by Gasteiger charge is 2.24. The number of anilines is 1. The van der Waals surface area contributed by atoms with Crippen LogP contribution in [0.2, 0.25) is 0 Å². The number of carbonyl (C=O) groups excluding carboxylic acids is 2. The summed E-state index contributed by atoms with van der Waals surface area (Å²) in [6.07, 6.45) is 1.74. The molecule has 2 aromatic carbocycles. The van der Waals surface area contributed by atoms with Crippen LogP contribution in [0, 0.1) is 0 Å². The van der Waals surface area contributed by atoms with Crippen molar-refractivity contribution >= 4 is 17.6 Å². The van der Waals surface area contributed by atoms with Crippen LogP contribution in [0.1, 0.15) is 18.4 Å². The molecular formula is C22H27N3O4. The molecule has 3 rings (SSSR count). The lowest BCUT2D eigenvalue weighted by atomic mass is 10.0. The molecule has 1 fully saturated rings. The maximum absolute atomic E-state index is 12.4. The first kappa shape index (κ1) is 20.5. The molecule has 29 heavy (non-hydrogen) atoms. The van der Waals surface area contributed by atoms with Gasteiger partial charge < -0.3 is 25.0 Å². The minimum atomic E-state index is -0.105. The lowest BCUT2D eigenvalue weighted by Crippen LogP contribution is -2.48. The van der Waals surface area contributed by atoms with Crippen LogP contribution < -0.4 is 20.1 Å². The molecule has 0 atom stereocenters. The zero-order chi connectivity index (χ0) is 20.6. The molecule has 0 aromatic heterocycles. The first-order chi connectivity index (χ1) is 14.1. The summed E-state index contributed by atoms with van der Waals surface area (Å²) >= 11 is 0. The second kappa shape index (κ2) is 9.82. The summed E-state index contributed by atoms with van der Waals surface area (Å²) in [5, 5.41) is 5.97. The lowest BCUT2D eigenvalue weighted by Gasteiger charge is -2.32. The highest BCUT2D eigenvalue weighted by atomic mass is 16.5. The first-order valence-electron chi connectivity index (χ1n) is 9.70. The number of hydrogen-bond acceptors (Lipinski definition) is 4. The van der Waals surface area contributed by atoms with Crippen LogP contribution in [-0.2, 0) is 11.2 Å². The standard InChI is InChI=1S/C22H27N3O4/c1-28-19-9-8-16(14-20(19)29-2)15-21(26)23-18-10-12-25(13-11-18)22(27)24-17-6-4-3-5-7-17/h3-9,14,18H,10-13,15H2,1-2H3,(H,23,26)(H,24,27). The molecule has 2 N–H and O–H groups in total. The van der Waals surface area contributed by atoms with E-state index in [-0.39, 0.29) is 24.4 Å². The van der Waals surface area contributed by atoms with E-state index >= 15 is 0 Å². The number of carbonyl (C=O) groups is 2. The molecule has 154 valence electrons. The average Bonchev–Trinajstić information content (AvgIpc) is 2.74. The lowest BCUT2D eigenvalue weighted by molar-refractivity contribution is -0.121. The third kappa shape index (κ3) is 5.63. The second-order valence-electron chi connectivity index (χ2n) is 6.99. The van der Waals surface area contributed by atoms with Crippen molar-refractivity contribution in [2.75, 3.05) is 32.6 Å². The van der Waals surface area contributed by atoms with Crippen molar-refractivity contribution in [1.82, 2.24) is 10.2 Å². The summed E-state index contributed by atoms with van der Waals surface area (Å²) in [4.78, 5) is 26.6. The quantitative estimate of drug-likeness (QED) is 0.785. The molecule has 0 aliphatic carbocycles. The second-order valence-corrected chi connectivity index (χ2v) is 6.99. The fourth-order valence-corrected chi connectivity index (χ4v) is 3.41. The fourth-order valence-electron chi connectivity index (χ4n) is 3.41. The van der Waals surface area contributed by atoms with E-state index < -0.39 is 0 Å². The van der Waals surface area contributed by atoms with Crippen molar-refractivity contribution in [1.29, 1.82) is 0 Å². The summed E-state index contributed by atoms with van der Waals surface area (Å²) in [6, 6.07) is 14.8. The number of hydrogen-bond donors (Lipinski definition) is 2. The van der Waals surface area contributed by atoms with Gasteiger partial charge in [0.25, 0.3) is 0 Å². The Hall–Kier alpha value is -3.22. The van der Waals surface area contributed by atoms with Crippen LogP contribution in [0.5, 0.6) is 11.5 Å².